The molecule has 1 aliphatic heterocycles. The third-order valence-electron chi connectivity index (χ3n) is 3.75. The number of hydrogen-bond donors (Lipinski definition) is 1. The molecule has 0 saturated carbocycles. The minimum absolute atomic E-state index is 0.0458. The van der Waals surface area contributed by atoms with Crippen molar-refractivity contribution in [1.29, 1.82) is 0 Å². The van der Waals surface area contributed by atoms with Crippen LogP contribution in [-0.2, 0) is 0 Å². The molecule has 1 aromatic carbocycles. The highest BCUT2D eigenvalue weighted by molar-refractivity contribution is 6.00. The van der Waals surface area contributed by atoms with E-state index in [2.05, 4.69) is 31.3 Å². The number of ketones is 1. The lowest BCUT2D eigenvalue weighted by Gasteiger charge is -2.12. The topological polar surface area (TPSA) is 29.1 Å². The van der Waals surface area contributed by atoms with Crippen molar-refractivity contribution in [2.45, 2.75) is 45.1 Å². The van der Waals surface area contributed by atoms with E-state index in [0.717, 1.165) is 31.4 Å². The second kappa shape index (κ2) is 5.46. The molecule has 0 aromatic heterocycles. The highest BCUT2D eigenvalue weighted by Crippen LogP contribution is 2.20. The summed E-state index contributed by atoms with van der Waals surface area (Å²) >= 11 is 0. The van der Waals surface area contributed by atoms with E-state index in [1.54, 1.807) is 0 Å². The van der Waals surface area contributed by atoms with Crippen molar-refractivity contribution >= 4 is 5.78 Å². The van der Waals surface area contributed by atoms with Crippen LogP contribution in [0.15, 0.2) is 24.3 Å². The first kappa shape index (κ1) is 12.3. The Hall–Kier alpha value is -1.15. The summed E-state index contributed by atoms with van der Waals surface area (Å²) in [6, 6.07) is 8.19. The van der Waals surface area contributed by atoms with Crippen LogP contribution in [0, 0.1) is 0 Å². The van der Waals surface area contributed by atoms with Crippen molar-refractivity contribution in [1.82, 2.24) is 5.32 Å². The Balaban J connectivity index is 2.09. The molecule has 2 heteroatoms. The lowest BCUT2D eigenvalue weighted by Crippen LogP contribution is -2.30. The maximum absolute atomic E-state index is 12.1. The minimum Gasteiger partial charge on any atom is -0.307 e. The molecule has 92 valence electrons. The van der Waals surface area contributed by atoms with Gasteiger partial charge in [0.25, 0.3) is 0 Å². The SMILES string of the molecule is CCC(C)c1ccc(C(=O)C2CCCN2)cc1. The summed E-state index contributed by atoms with van der Waals surface area (Å²) in [4.78, 5) is 12.1. The Morgan fingerprint density at radius 2 is 2.12 bits per heavy atom. The van der Waals surface area contributed by atoms with Gasteiger partial charge in [0.1, 0.15) is 0 Å². The van der Waals surface area contributed by atoms with Crippen molar-refractivity contribution in [2.24, 2.45) is 0 Å². The van der Waals surface area contributed by atoms with Crippen LogP contribution in [0.5, 0.6) is 0 Å². The number of carbonyl (C=O) groups excluding carboxylic acids is 1. The Morgan fingerprint density at radius 1 is 1.41 bits per heavy atom. The van der Waals surface area contributed by atoms with Gasteiger partial charge in [0, 0.05) is 5.56 Å². The van der Waals surface area contributed by atoms with Gasteiger partial charge in [0.05, 0.1) is 6.04 Å². The molecule has 1 saturated heterocycles. The predicted octanol–water partition coefficient (Wildman–Crippen LogP) is 3.13. The van der Waals surface area contributed by atoms with Gasteiger partial charge in [-0.25, -0.2) is 0 Å². The molecule has 0 spiro atoms. The zero-order valence-corrected chi connectivity index (χ0v) is 10.7. The fourth-order valence-electron chi connectivity index (χ4n) is 2.32. The summed E-state index contributed by atoms with van der Waals surface area (Å²) in [5.41, 5.74) is 2.17. The Morgan fingerprint density at radius 3 is 2.65 bits per heavy atom. The zero-order chi connectivity index (χ0) is 12.3. The molecule has 2 atom stereocenters. The fraction of sp³-hybridized carbons (Fsp3) is 0.533. The number of carbonyl (C=O) groups is 1. The number of rotatable bonds is 4. The Labute approximate surface area is 103 Å². The molecule has 0 bridgehead atoms. The number of Topliss-reactive ketones (excluding diaryl/α,β-unsaturated/α-hetero) is 1. The fourth-order valence-corrected chi connectivity index (χ4v) is 2.32. The van der Waals surface area contributed by atoms with Gasteiger partial charge >= 0.3 is 0 Å². The lowest BCUT2D eigenvalue weighted by molar-refractivity contribution is 0.0952. The van der Waals surface area contributed by atoms with E-state index in [1.165, 1.54) is 5.56 Å². The molecule has 1 heterocycles. The monoisotopic (exact) mass is 231 g/mol. The van der Waals surface area contributed by atoms with Crippen molar-refractivity contribution < 1.29 is 4.79 Å². The molecule has 2 nitrogen and oxygen atoms in total. The molecular weight excluding hydrogens is 210 g/mol. The second-order valence-electron chi connectivity index (χ2n) is 4.94. The second-order valence-corrected chi connectivity index (χ2v) is 4.94. The minimum atomic E-state index is 0.0458. The Bertz CT molecular complexity index is 376. The van der Waals surface area contributed by atoms with Crippen LogP contribution in [0.1, 0.15) is 54.9 Å². The van der Waals surface area contributed by atoms with Crippen LogP contribution >= 0.6 is 0 Å². The molecule has 0 radical (unpaired) electrons. The van der Waals surface area contributed by atoms with Gasteiger partial charge in [-0.2, -0.15) is 0 Å². The lowest BCUT2D eigenvalue weighted by atomic mass is 9.95. The predicted molar refractivity (Wildman–Crippen MR) is 70.5 cm³/mol. The van der Waals surface area contributed by atoms with Crippen LogP contribution in [-0.4, -0.2) is 18.4 Å². The molecule has 0 amide bonds. The highest BCUT2D eigenvalue weighted by Gasteiger charge is 2.22. The summed E-state index contributed by atoms with van der Waals surface area (Å²) in [5.74, 6) is 0.821. The number of nitrogens with one attached hydrogen (secondary N) is 1. The van der Waals surface area contributed by atoms with E-state index in [0.29, 0.717) is 5.92 Å². The summed E-state index contributed by atoms with van der Waals surface area (Å²) in [7, 11) is 0. The molecule has 1 aliphatic rings. The largest absolute Gasteiger partial charge is 0.307 e. The third-order valence-corrected chi connectivity index (χ3v) is 3.75. The van der Waals surface area contributed by atoms with Crippen LogP contribution in [0.25, 0.3) is 0 Å². The van der Waals surface area contributed by atoms with Gasteiger partial charge < -0.3 is 5.32 Å². The average Bonchev–Trinajstić information content (AvgIpc) is 2.91. The van der Waals surface area contributed by atoms with Gasteiger partial charge in [0.2, 0.25) is 0 Å². The summed E-state index contributed by atoms with van der Waals surface area (Å²) in [6.07, 6.45) is 3.23. The normalized spacial score (nSPS) is 21.4. The maximum atomic E-state index is 12.1. The van der Waals surface area contributed by atoms with Gasteiger partial charge in [-0.15, -0.1) is 0 Å². The van der Waals surface area contributed by atoms with Crippen LogP contribution < -0.4 is 5.32 Å². The van der Waals surface area contributed by atoms with E-state index in [9.17, 15) is 4.79 Å². The van der Waals surface area contributed by atoms with Crippen LogP contribution in [0.4, 0.5) is 0 Å². The molecule has 1 fully saturated rings. The summed E-state index contributed by atoms with van der Waals surface area (Å²) < 4.78 is 0. The van der Waals surface area contributed by atoms with Crippen molar-refractivity contribution in [3.05, 3.63) is 35.4 Å². The first-order valence-electron chi connectivity index (χ1n) is 6.60. The van der Waals surface area contributed by atoms with E-state index < -0.39 is 0 Å². The van der Waals surface area contributed by atoms with Gasteiger partial charge in [-0.1, -0.05) is 38.1 Å². The van der Waals surface area contributed by atoms with Gasteiger partial charge in [-0.05, 0) is 37.3 Å². The summed E-state index contributed by atoms with van der Waals surface area (Å²) in [6.45, 7) is 5.38. The first-order valence-corrected chi connectivity index (χ1v) is 6.60. The quantitative estimate of drug-likeness (QED) is 0.807. The molecule has 17 heavy (non-hydrogen) atoms. The molecular formula is C15H21NO. The van der Waals surface area contributed by atoms with Gasteiger partial charge in [-0.3, -0.25) is 4.79 Å². The average molecular weight is 231 g/mol. The third kappa shape index (κ3) is 2.75. The zero-order valence-electron chi connectivity index (χ0n) is 10.7. The molecule has 0 aliphatic carbocycles. The van der Waals surface area contributed by atoms with E-state index >= 15 is 0 Å². The highest BCUT2D eigenvalue weighted by atomic mass is 16.1. The summed E-state index contributed by atoms with van der Waals surface area (Å²) in [5, 5.41) is 3.25. The van der Waals surface area contributed by atoms with E-state index in [4.69, 9.17) is 0 Å². The Kier molecular flexibility index (Phi) is 3.95. The van der Waals surface area contributed by atoms with Crippen molar-refractivity contribution in [3.8, 4) is 0 Å². The number of benzene rings is 1. The standard InChI is InChI=1S/C15H21NO/c1-3-11(2)12-6-8-13(9-7-12)15(17)14-5-4-10-16-14/h6-9,11,14,16H,3-5,10H2,1-2H3. The van der Waals surface area contributed by atoms with Crippen LogP contribution in [0.3, 0.4) is 0 Å². The molecule has 2 unspecified atom stereocenters. The molecule has 2 rings (SSSR count). The maximum Gasteiger partial charge on any atom is 0.179 e. The van der Waals surface area contributed by atoms with Crippen molar-refractivity contribution in [2.75, 3.05) is 6.54 Å². The van der Waals surface area contributed by atoms with Crippen molar-refractivity contribution in [3.63, 3.8) is 0 Å². The molecule has 1 aromatic rings. The van der Waals surface area contributed by atoms with E-state index in [1.807, 2.05) is 12.1 Å². The van der Waals surface area contributed by atoms with E-state index in [-0.39, 0.29) is 11.8 Å². The van der Waals surface area contributed by atoms with Crippen LogP contribution in [0.2, 0.25) is 0 Å². The number of hydrogen-bond acceptors (Lipinski definition) is 2. The first-order chi connectivity index (χ1) is 8.22. The molecule has 1 N–H and O–H groups in total. The smallest absolute Gasteiger partial charge is 0.179 e. The van der Waals surface area contributed by atoms with Gasteiger partial charge in [0.15, 0.2) is 5.78 Å².